The number of carbonyl (C=O) groups excluding carboxylic acids is 1. The highest BCUT2D eigenvalue weighted by molar-refractivity contribution is 5.85. The van der Waals surface area contributed by atoms with Crippen LogP contribution < -0.4 is 5.73 Å². The molecule has 0 unspecified atom stereocenters. The number of hydrogen-bond donors (Lipinski definition) is 2. The van der Waals surface area contributed by atoms with Gasteiger partial charge in [-0.1, -0.05) is 6.07 Å². The first-order chi connectivity index (χ1) is 9.08. The molecular formula is C14H23Cl2N3O2. The Labute approximate surface area is 137 Å². The SMILES string of the molecule is CN(Cc1ccccn1)C(=O)[C@H]1CC[C@H](N)[C@@H](O)C1.Cl.Cl. The number of aliphatic hydroxyl groups is 1. The molecule has 1 aliphatic rings. The summed E-state index contributed by atoms with van der Waals surface area (Å²) in [5.41, 5.74) is 6.62. The van der Waals surface area contributed by atoms with Crippen molar-refractivity contribution < 1.29 is 9.90 Å². The monoisotopic (exact) mass is 335 g/mol. The lowest BCUT2D eigenvalue weighted by Gasteiger charge is -2.32. The Bertz CT molecular complexity index is 433. The molecule has 0 aromatic carbocycles. The number of aliphatic hydroxyl groups excluding tert-OH is 1. The van der Waals surface area contributed by atoms with Crippen molar-refractivity contribution in [1.29, 1.82) is 0 Å². The van der Waals surface area contributed by atoms with Crippen LogP contribution in [-0.2, 0) is 11.3 Å². The van der Waals surface area contributed by atoms with E-state index < -0.39 is 6.10 Å². The van der Waals surface area contributed by atoms with Gasteiger partial charge in [0.2, 0.25) is 5.91 Å². The predicted octanol–water partition coefficient (Wildman–Crippen LogP) is 1.37. The summed E-state index contributed by atoms with van der Waals surface area (Å²) >= 11 is 0. The number of carbonyl (C=O) groups is 1. The van der Waals surface area contributed by atoms with Crippen molar-refractivity contribution >= 4 is 30.7 Å². The number of pyridine rings is 1. The fourth-order valence-corrected chi connectivity index (χ4v) is 2.52. The molecule has 0 aliphatic heterocycles. The molecule has 2 rings (SSSR count). The van der Waals surface area contributed by atoms with Crippen molar-refractivity contribution in [1.82, 2.24) is 9.88 Å². The second-order valence-electron chi connectivity index (χ2n) is 5.26. The molecule has 0 spiro atoms. The van der Waals surface area contributed by atoms with Crippen LogP contribution in [0.15, 0.2) is 24.4 Å². The van der Waals surface area contributed by atoms with E-state index in [4.69, 9.17) is 5.73 Å². The number of hydrogen-bond acceptors (Lipinski definition) is 4. The lowest BCUT2D eigenvalue weighted by molar-refractivity contribution is -0.137. The van der Waals surface area contributed by atoms with Gasteiger partial charge in [0, 0.05) is 25.2 Å². The molecule has 0 saturated heterocycles. The largest absolute Gasteiger partial charge is 0.391 e. The van der Waals surface area contributed by atoms with Crippen LogP contribution >= 0.6 is 24.8 Å². The molecule has 3 N–H and O–H groups in total. The van der Waals surface area contributed by atoms with E-state index in [0.29, 0.717) is 19.4 Å². The lowest BCUT2D eigenvalue weighted by atomic mass is 9.83. The van der Waals surface area contributed by atoms with E-state index in [2.05, 4.69) is 4.98 Å². The minimum atomic E-state index is -0.564. The first kappa shape index (κ1) is 20.1. The van der Waals surface area contributed by atoms with Gasteiger partial charge >= 0.3 is 0 Å². The smallest absolute Gasteiger partial charge is 0.225 e. The van der Waals surface area contributed by atoms with Crippen molar-refractivity contribution in [3.63, 3.8) is 0 Å². The topological polar surface area (TPSA) is 79.5 Å². The molecule has 0 radical (unpaired) electrons. The maximum Gasteiger partial charge on any atom is 0.225 e. The molecule has 1 amide bonds. The highest BCUT2D eigenvalue weighted by atomic mass is 35.5. The number of nitrogens with zero attached hydrogens (tertiary/aromatic N) is 2. The van der Waals surface area contributed by atoms with E-state index in [1.54, 1.807) is 18.1 Å². The highest BCUT2D eigenvalue weighted by Gasteiger charge is 2.32. The summed E-state index contributed by atoms with van der Waals surface area (Å²) in [7, 11) is 1.78. The van der Waals surface area contributed by atoms with Crippen LogP contribution in [0.4, 0.5) is 0 Å². The van der Waals surface area contributed by atoms with Gasteiger partial charge < -0.3 is 15.7 Å². The molecule has 1 aromatic rings. The van der Waals surface area contributed by atoms with E-state index in [1.165, 1.54) is 0 Å². The fourth-order valence-electron chi connectivity index (χ4n) is 2.52. The molecule has 1 aromatic heterocycles. The van der Waals surface area contributed by atoms with E-state index in [1.807, 2.05) is 18.2 Å². The Morgan fingerprint density at radius 2 is 2.14 bits per heavy atom. The molecule has 3 atom stereocenters. The summed E-state index contributed by atoms with van der Waals surface area (Å²) < 4.78 is 0. The molecule has 5 nitrogen and oxygen atoms in total. The molecule has 1 saturated carbocycles. The van der Waals surface area contributed by atoms with E-state index in [9.17, 15) is 9.90 Å². The van der Waals surface area contributed by atoms with Crippen LogP contribution in [0.3, 0.4) is 0 Å². The number of rotatable bonds is 3. The fraction of sp³-hybridized carbons (Fsp3) is 0.571. The first-order valence-electron chi connectivity index (χ1n) is 6.66. The third-order valence-corrected chi connectivity index (χ3v) is 3.72. The highest BCUT2D eigenvalue weighted by Crippen LogP contribution is 2.25. The summed E-state index contributed by atoms with van der Waals surface area (Å²) in [6.07, 6.45) is 3.08. The summed E-state index contributed by atoms with van der Waals surface area (Å²) in [5, 5.41) is 9.76. The van der Waals surface area contributed by atoms with Gasteiger partial charge in [-0.2, -0.15) is 0 Å². The number of amides is 1. The number of aromatic nitrogens is 1. The average molecular weight is 336 g/mol. The van der Waals surface area contributed by atoms with Crippen molar-refractivity contribution in [2.24, 2.45) is 11.7 Å². The van der Waals surface area contributed by atoms with Crippen LogP contribution in [0, 0.1) is 5.92 Å². The molecule has 7 heteroatoms. The van der Waals surface area contributed by atoms with E-state index >= 15 is 0 Å². The molecule has 0 bridgehead atoms. The quantitative estimate of drug-likeness (QED) is 0.874. The lowest BCUT2D eigenvalue weighted by Crippen LogP contribution is -2.44. The predicted molar refractivity (Wildman–Crippen MR) is 86.5 cm³/mol. The van der Waals surface area contributed by atoms with E-state index in [0.717, 1.165) is 12.1 Å². The zero-order chi connectivity index (χ0) is 13.8. The number of nitrogens with two attached hydrogens (primary N) is 1. The zero-order valence-corrected chi connectivity index (χ0v) is 13.6. The van der Waals surface area contributed by atoms with Gasteiger partial charge in [0.1, 0.15) is 0 Å². The Kier molecular flexibility index (Phi) is 8.82. The van der Waals surface area contributed by atoms with Crippen molar-refractivity contribution in [3.8, 4) is 0 Å². The van der Waals surface area contributed by atoms with Crippen LogP contribution in [0.2, 0.25) is 0 Å². The van der Waals surface area contributed by atoms with Crippen LogP contribution in [-0.4, -0.2) is 40.1 Å². The summed E-state index contributed by atoms with van der Waals surface area (Å²) in [4.78, 5) is 18.2. The minimum absolute atomic E-state index is 0. The van der Waals surface area contributed by atoms with Gasteiger partial charge in [-0.05, 0) is 31.4 Å². The van der Waals surface area contributed by atoms with Gasteiger partial charge in [0.15, 0.2) is 0 Å². The summed E-state index contributed by atoms with van der Waals surface area (Å²) in [6.45, 7) is 0.498. The van der Waals surface area contributed by atoms with Crippen molar-refractivity contribution in [2.45, 2.75) is 38.0 Å². The second-order valence-corrected chi connectivity index (χ2v) is 5.26. The van der Waals surface area contributed by atoms with Crippen molar-refractivity contribution in [2.75, 3.05) is 7.05 Å². The van der Waals surface area contributed by atoms with Crippen LogP contribution in [0.1, 0.15) is 25.0 Å². The van der Waals surface area contributed by atoms with E-state index in [-0.39, 0.29) is 42.7 Å². The maximum absolute atomic E-state index is 12.3. The Hall–Kier alpha value is -0.880. The zero-order valence-electron chi connectivity index (χ0n) is 12.0. The standard InChI is InChI=1S/C14H21N3O2.2ClH/c1-17(9-11-4-2-3-7-16-11)14(19)10-5-6-12(15)13(18)8-10;;/h2-4,7,10,12-13,18H,5-6,8-9,15H2,1H3;2*1H/t10-,12-,13-;;/m0../s1. The van der Waals surface area contributed by atoms with Gasteiger partial charge in [-0.15, -0.1) is 24.8 Å². The van der Waals surface area contributed by atoms with Gasteiger partial charge in [0.05, 0.1) is 18.3 Å². The van der Waals surface area contributed by atoms with Gasteiger partial charge in [-0.25, -0.2) is 0 Å². The Morgan fingerprint density at radius 1 is 1.43 bits per heavy atom. The minimum Gasteiger partial charge on any atom is -0.391 e. The third kappa shape index (κ3) is 5.43. The van der Waals surface area contributed by atoms with Crippen LogP contribution in [0.5, 0.6) is 0 Å². The summed E-state index contributed by atoms with van der Waals surface area (Å²) in [5.74, 6) is -0.0554. The normalized spacial score (nSPS) is 24.4. The van der Waals surface area contributed by atoms with Gasteiger partial charge in [-0.3, -0.25) is 9.78 Å². The Morgan fingerprint density at radius 3 is 2.71 bits per heavy atom. The van der Waals surface area contributed by atoms with Crippen molar-refractivity contribution in [3.05, 3.63) is 30.1 Å². The average Bonchev–Trinajstić information content (AvgIpc) is 2.42. The summed E-state index contributed by atoms with van der Waals surface area (Å²) in [6, 6.07) is 5.47. The molecule has 1 fully saturated rings. The second kappa shape index (κ2) is 9.20. The van der Waals surface area contributed by atoms with Gasteiger partial charge in [0.25, 0.3) is 0 Å². The Balaban J connectivity index is 0.00000200. The molecule has 120 valence electrons. The molecule has 1 aliphatic carbocycles. The van der Waals surface area contributed by atoms with Crippen LogP contribution in [0.25, 0.3) is 0 Å². The molecule has 1 heterocycles. The third-order valence-electron chi connectivity index (χ3n) is 3.72. The maximum atomic E-state index is 12.3. The number of halogens is 2. The molecule has 21 heavy (non-hydrogen) atoms. The first-order valence-corrected chi connectivity index (χ1v) is 6.66. The molecular weight excluding hydrogens is 313 g/mol.